The third-order valence-corrected chi connectivity index (χ3v) is 5.69. The summed E-state index contributed by atoms with van der Waals surface area (Å²) in [6.07, 6.45) is 4.87. The van der Waals surface area contributed by atoms with Gasteiger partial charge in [-0.2, -0.15) is 0 Å². The Bertz CT molecular complexity index is 249. The maximum Gasteiger partial charge on any atom is 0.331 e. The molecule has 0 saturated heterocycles. The Morgan fingerprint density at radius 1 is 1.11 bits per heavy atom. The molecule has 0 aliphatic heterocycles. The van der Waals surface area contributed by atoms with Gasteiger partial charge in [-0.25, -0.2) is 0 Å². The Hall–Kier alpha value is 0.0700. The van der Waals surface area contributed by atoms with Gasteiger partial charge in [-0.3, -0.25) is 4.57 Å². The Morgan fingerprint density at radius 2 is 1.53 bits per heavy atom. The van der Waals surface area contributed by atoms with Crippen molar-refractivity contribution in [3.05, 3.63) is 0 Å². The SMILES string of the molecule is CCC(N)O.CCCCCC(CC)(CC)P(=O)(O)O. The lowest BCUT2D eigenvalue weighted by Gasteiger charge is -2.32. The molecular weight excluding hydrogens is 265 g/mol. The molecule has 0 saturated carbocycles. The molecule has 0 aromatic heterocycles. The van der Waals surface area contributed by atoms with E-state index in [2.05, 4.69) is 6.92 Å². The molecule has 5 N–H and O–H groups in total. The average molecular weight is 297 g/mol. The van der Waals surface area contributed by atoms with E-state index < -0.39 is 19.0 Å². The number of unbranched alkanes of at least 4 members (excludes halogenated alkanes) is 2. The molecule has 0 amide bonds. The van der Waals surface area contributed by atoms with E-state index in [0.717, 1.165) is 19.3 Å². The summed E-state index contributed by atoms with van der Waals surface area (Å²) in [5.74, 6) is 0. The van der Waals surface area contributed by atoms with Crippen LogP contribution in [0.25, 0.3) is 0 Å². The van der Waals surface area contributed by atoms with E-state index in [9.17, 15) is 14.4 Å². The zero-order valence-corrected chi connectivity index (χ0v) is 13.7. The summed E-state index contributed by atoms with van der Waals surface area (Å²) in [6.45, 7) is 7.66. The minimum atomic E-state index is -3.95. The van der Waals surface area contributed by atoms with Gasteiger partial charge in [0.05, 0.1) is 5.16 Å². The van der Waals surface area contributed by atoms with Gasteiger partial charge in [0.1, 0.15) is 6.23 Å². The van der Waals surface area contributed by atoms with Gasteiger partial charge in [0, 0.05) is 0 Å². The molecule has 0 rings (SSSR count). The molecule has 0 spiro atoms. The third-order valence-electron chi connectivity index (χ3n) is 3.60. The van der Waals surface area contributed by atoms with Crippen molar-refractivity contribution in [2.24, 2.45) is 5.73 Å². The zero-order chi connectivity index (χ0) is 15.5. The van der Waals surface area contributed by atoms with Gasteiger partial charge in [0.15, 0.2) is 0 Å². The lowest BCUT2D eigenvalue weighted by Crippen LogP contribution is -2.27. The first kappa shape index (κ1) is 21.4. The van der Waals surface area contributed by atoms with Crippen molar-refractivity contribution in [2.75, 3.05) is 0 Å². The number of hydrogen-bond acceptors (Lipinski definition) is 3. The van der Waals surface area contributed by atoms with Crippen molar-refractivity contribution in [3.8, 4) is 0 Å². The predicted octanol–water partition coefficient (Wildman–Crippen LogP) is 2.98. The molecular formula is C13H32NO4P. The van der Waals surface area contributed by atoms with E-state index in [0.29, 0.717) is 25.7 Å². The van der Waals surface area contributed by atoms with Crippen molar-refractivity contribution in [1.29, 1.82) is 0 Å². The number of aliphatic hydroxyl groups excluding tert-OH is 1. The van der Waals surface area contributed by atoms with E-state index in [1.165, 1.54) is 0 Å². The average Bonchev–Trinajstić information content (AvgIpc) is 2.34. The molecule has 5 nitrogen and oxygen atoms in total. The largest absolute Gasteiger partial charge is 0.379 e. The predicted molar refractivity (Wildman–Crippen MR) is 80.0 cm³/mol. The molecule has 1 atom stereocenters. The van der Waals surface area contributed by atoms with Crippen molar-refractivity contribution in [1.82, 2.24) is 0 Å². The Labute approximate surface area is 117 Å². The smallest absolute Gasteiger partial charge is 0.331 e. The fourth-order valence-electron chi connectivity index (χ4n) is 1.87. The Balaban J connectivity index is 0. The highest BCUT2D eigenvalue weighted by Gasteiger charge is 2.42. The first-order chi connectivity index (χ1) is 8.70. The molecule has 0 aliphatic rings. The maximum atomic E-state index is 11.4. The van der Waals surface area contributed by atoms with Crippen LogP contribution >= 0.6 is 7.60 Å². The zero-order valence-electron chi connectivity index (χ0n) is 12.8. The summed E-state index contributed by atoms with van der Waals surface area (Å²) < 4.78 is 11.4. The van der Waals surface area contributed by atoms with Crippen LogP contribution in [0.2, 0.25) is 0 Å². The van der Waals surface area contributed by atoms with Gasteiger partial charge in [0.2, 0.25) is 0 Å². The van der Waals surface area contributed by atoms with E-state index in [-0.39, 0.29) is 0 Å². The number of hydrogen-bond donors (Lipinski definition) is 4. The van der Waals surface area contributed by atoms with Crippen molar-refractivity contribution in [3.63, 3.8) is 0 Å². The van der Waals surface area contributed by atoms with E-state index in [4.69, 9.17) is 10.8 Å². The van der Waals surface area contributed by atoms with Crippen LogP contribution in [0.1, 0.15) is 72.6 Å². The first-order valence-corrected chi connectivity index (χ1v) is 8.81. The molecule has 0 bridgehead atoms. The lowest BCUT2D eigenvalue weighted by molar-refractivity contribution is 0.178. The van der Waals surface area contributed by atoms with Crippen LogP contribution in [0.3, 0.4) is 0 Å². The minimum absolute atomic E-state index is 0.567. The molecule has 6 heteroatoms. The van der Waals surface area contributed by atoms with Crippen molar-refractivity contribution >= 4 is 7.60 Å². The summed E-state index contributed by atoms with van der Waals surface area (Å²) in [5.41, 5.74) is 4.85. The fraction of sp³-hybridized carbons (Fsp3) is 1.00. The lowest BCUT2D eigenvalue weighted by atomic mass is 9.95. The summed E-state index contributed by atoms with van der Waals surface area (Å²) >= 11 is 0. The highest BCUT2D eigenvalue weighted by molar-refractivity contribution is 7.53. The monoisotopic (exact) mass is 297 g/mol. The Kier molecular flexibility index (Phi) is 12.2. The van der Waals surface area contributed by atoms with Gasteiger partial charge in [-0.1, -0.05) is 47.0 Å². The van der Waals surface area contributed by atoms with Crippen molar-refractivity contribution < 1.29 is 19.5 Å². The second-order valence-electron chi connectivity index (χ2n) is 4.91. The number of rotatable bonds is 8. The summed E-state index contributed by atoms with van der Waals surface area (Å²) in [4.78, 5) is 18.7. The van der Waals surface area contributed by atoms with Gasteiger partial charge >= 0.3 is 7.60 Å². The Morgan fingerprint density at radius 3 is 1.74 bits per heavy atom. The standard InChI is InChI=1S/C10H23O3P.C3H9NO/c1-4-7-8-9-10(5-2,6-3)14(11,12)13;1-2-3(4)5/h4-9H2,1-3H3,(H2,11,12,13);3,5H,2,4H2,1H3. The van der Waals surface area contributed by atoms with Crippen molar-refractivity contribution in [2.45, 2.75) is 84.0 Å². The molecule has 118 valence electrons. The van der Waals surface area contributed by atoms with Crippen LogP contribution in [-0.4, -0.2) is 26.3 Å². The van der Waals surface area contributed by atoms with Crippen LogP contribution in [-0.2, 0) is 4.57 Å². The first-order valence-electron chi connectivity index (χ1n) is 7.20. The molecule has 0 heterocycles. The summed E-state index contributed by atoms with van der Waals surface area (Å²) in [7, 11) is -3.95. The van der Waals surface area contributed by atoms with Gasteiger partial charge in [0.25, 0.3) is 0 Å². The quantitative estimate of drug-likeness (QED) is 0.313. The van der Waals surface area contributed by atoms with Gasteiger partial charge < -0.3 is 20.6 Å². The normalized spacial score (nSPS) is 13.7. The fourth-order valence-corrected chi connectivity index (χ4v) is 3.14. The van der Waals surface area contributed by atoms with E-state index >= 15 is 0 Å². The molecule has 0 radical (unpaired) electrons. The molecule has 19 heavy (non-hydrogen) atoms. The third kappa shape index (κ3) is 8.77. The van der Waals surface area contributed by atoms with Gasteiger partial charge in [-0.15, -0.1) is 0 Å². The maximum absolute atomic E-state index is 11.4. The molecule has 0 aromatic carbocycles. The van der Waals surface area contributed by atoms with Crippen LogP contribution < -0.4 is 5.73 Å². The second-order valence-corrected chi connectivity index (χ2v) is 6.94. The number of nitrogens with two attached hydrogens (primary N) is 1. The molecule has 0 fully saturated rings. The van der Waals surface area contributed by atoms with Crippen LogP contribution in [0.15, 0.2) is 0 Å². The molecule has 0 aliphatic carbocycles. The van der Waals surface area contributed by atoms with Crippen LogP contribution in [0.4, 0.5) is 0 Å². The molecule has 0 aromatic rings. The number of aliphatic hydroxyl groups is 1. The highest BCUT2D eigenvalue weighted by atomic mass is 31.2. The van der Waals surface area contributed by atoms with Crippen LogP contribution in [0, 0.1) is 0 Å². The molecule has 1 unspecified atom stereocenters. The van der Waals surface area contributed by atoms with Crippen LogP contribution in [0.5, 0.6) is 0 Å². The summed E-state index contributed by atoms with van der Waals surface area (Å²) in [5, 5.41) is 7.38. The minimum Gasteiger partial charge on any atom is -0.379 e. The summed E-state index contributed by atoms with van der Waals surface area (Å²) in [6, 6.07) is 0. The topological polar surface area (TPSA) is 104 Å². The second kappa shape index (κ2) is 10.8. The van der Waals surface area contributed by atoms with E-state index in [1.807, 2.05) is 20.8 Å². The van der Waals surface area contributed by atoms with E-state index in [1.54, 1.807) is 0 Å². The van der Waals surface area contributed by atoms with Gasteiger partial charge in [-0.05, 0) is 25.7 Å². The highest BCUT2D eigenvalue weighted by Crippen LogP contribution is 2.56.